The zero-order chi connectivity index (χ0) is 17.2. The molecular weight excluding hydrogens is 294 g/mol. The van der Waals surface area contributed by atoms with Gasteiger partial charge >= 0.3 is 0 Å². The maximum absolute atomic E-state index is 3.69. The molecule has 1 aliphatic heterocycles. The van der Waals surface area contributed by atoms with Gasteiger partial charge in [-0.3, -0.25) is 0 Å². The summed E-state index contributed by atoms with van der Waals surface area (Å²) in [5.41, 5.74) is 2.68. The number of hydrogen-bond acceptors (Lipinski definition) is 3. The minimum Gasteiger partial charge on any atom is -0.313 e. The summed E-state index contributed by atoms with van der Waals surface area (Å²) in [4.78, 5) is 2.62. The standard InChI is InChI=1S/C21H35N3/c1-18(2)23-21-11-7-13-24(17-21)14-8-12-22-16-19(3)15-20-9-5-4-6-10-20/h4-6,9-10,15,18,21-23H,7-8,11-14,16-17H2,1-3H3/b19-15+. The van der Waals surface area contributed by atoms with Gasteiger partial charge in [-0.1, -0.05) is 55.8 Å². The predicted octanol–water partition coefficient (Wildman–Crippen LogP) is 3.53. The Bertz CT molecular complexity index is 481. The van der Waals surface area contributed by atoms with Gasteiger partial charge in [0.2, 0.25) is 0 Å². The number of rotatable bonds is 9. The molecule has 134 valence electrons. The third-order valence-corrected chi connectivity index (χ3v) is 4.52. The fraction of sp³-hybridized carbons (Fsp3) is 0.619. The average Bonchev–Trinajstić information content (AvgIpc) is 2.55. The molecule has 0 saturated carbocycles. The molecule has 1 aromatic rings. The van der Waals surface area contributed by atoms with E-state index in [4.69, 9.17) is 0 Å². The number of piperidine rings is 1. The summed E-state index contributed by atoms with van der Waals surface area (Å²) in [5.74, 6) is 0. The van der Waals surface area contributed by atoms with Crippen molar-refractivity contribution in [3.05, 3.63) is 41.5 Å². The minimum atomic E-state index is 0.594. The van der Waals surface area contributed by atoms with Gasteiger partial charge in [-0.25, -0.2) is 0 Å². The molecule has 1 heterocycles. The van der Waals surface area contributed by atoms with Crippen molar-refractivity contribution in [2.24, 2.45) is 0 Å². The van der Waals surface area contributed by atoms with Crippen LogP contribution in [0, 0.1) is 0 Å². The van der Waals surface area contributed by atoms with Gasteiger partial charge in [-0.15, -0.1) is 0 Å². The Hall–Kier alpha value is -1.16. The molecule has 3 nitrogen and oxygen atoms in total. The van der Waals surface area contributed by atoms with Crippen LogP contribution in [0.1, 0.15) is 45.6 Å². The van der Waals surface area contributed by atoms with Crippen molar-refractivity contribution in [2.45, 2.75) is 52.1 Å². The van der Waals surface area contributed by atoms with Crippen molar-refractivity contribution >= 4 is 6.08 Å². The average molecular weight is 330 g/mol. The highest BCUT2D eigenvalue weighted by atomic mass is 15.2. The maximum atomic E-state index is 3.69. The summed E-state index contributed by atoms with van der Waals surface area (Å²) in [6.45, 7) is 12.5. The molecule has 3 heteroatoms. The van der Waals surface area contributed by atoms with E-state index in [1.54, 1.807) is 0 Å². The fourth-order valence-electron chi connectivity index (χ4n) is 3.46. The van der Waals surface area contributed by atoms with Gasteiger partial charge in [0, 0.05) is 25.2 Å². The lowest BCUT2D eigenvalue weighted by Gasteiger charge is -2.34. The Morgan fingerprint density at radius 2 is 2.08 bits per heavy atom. The van der Waals surface area contributed by atoms with Gasteiger partial charge in [0.1, 0.15) is 0 Å². The summed E-state index contributed by atoms with van der Waals surface area (Å²) in [5, 5.41) is 7.26. The van der Waals surface area contributed by atoms with Crippen molar-refractivity contribution in [1.29, 1.82) is 0 Å². The fourth-order valence-corrected chi connectivity index (χ4v) is 3.46. The third-order valence-electron chi connectivity index (χ3n) is 4.52. The highest BCUT2D eigenvalue weighted by Gasteiger charge is 2.19. The summed E-state index contributed by atoms with van der Waals surface area (Å²) < 4.78 is 0. The summed E-state index contributed by atoms with van der Waals surface area (Å²) in [7, 11) is 0. The highest BCUT2D eigenvalue weighted by Crippen LogP contribution is 2.11. The number of likely N-dealkylation sites (tertiary alicyclic amines) is 1. The predicted molar refractivity (Wildman–Crippen MR) is 105 cm³/mol. The Morgan fingerprint density at radius 1 is 1.29 bits per heavy atom. The first kappa shape index (κ1) is 19.2. The monoisotopic (exact) mass is 329 g/mol. The molecule has 24 heavy (non-hydrogen) atoms. The lowest BCUT2D eigenvalue weighted by molar-refractivity contribution is 0.183. The summed E-state index contributed by atoms with van der Waals surface area (Å²) in [6, 6.07) is 11.8. The Labute approximate surface area is 148 Å². The first-order valence-electron chi connectivity index (χ1n) is 9.55. The smallest absolute Gasteiger partial charge is 0.0197 e. The molecule has 2 rings (SSSR count). The molecule has 1 unspecified atom stereocenters. The van der Waals surface area contributed by atoms with Crippen LogP contribution < -0.4 is 10.6 Å². The quantitative estimate of drug-likeness (QED) is 0.679. The van der Waals surface area contributed by atoms with E-state index in [1.165, 1.54) is 50.0 Å². The maximum Gasteiger partial charge on any atom is 0.0197 e. The van der Waals surface area contributed by atoms with Crippen LogP contribution in [-0.2, 0) is 0 Å². The molecule has 2 N–H and O–H groups in total. The van der Waals surface area contributed by atoms with Crippen LogP contribution in [0.3, 0.4) is 0 Å². The Balaban J connectivity index is 1.58. The zero-order valence-corrected chi connectivity index (χ0v) is 15.7. The summed E-state index contributed by atoms with van der Waals surface area (Å²) in [6.07, 6.45) is 6.15. The topological polar surface area (TPSA) is 27.3 Å². The van der Waals surface area contributed by atoms with E-state index in [0.29, 0.717) is 12.1 Å². The zero-order valence-electron chi connectivity index (χ0n) is 15.7. The van der Waals surface area contributed by atoms with Crippen LogP contribution in [0.4, 0.5) is 0 Å². The summed E-state index contributed by atoms with van der Waals surface area (Å²) >= 11 is 0. The van der Waals surface area contributed by atoms with Crippen molar-refractivity contribution in [3.8, 4) is 0 Å². The minimum absolute atomic E-state index is 0.594. The van der Waals surface area contributed by atoms with Gasteiger partial charge in [0.05, 0.1) is 0 Å². The SMILES string of the molecule is C/C(=C\c1ccccc1)CNCCCN1CCCC(NC(C)C)C1. The normalized spacial score (nSPS) is 19.8. The van der Waals surface area contributed by atoms with Crippen molar-refractivity contribution in [1.82, 2.24) is 15.5 Å². The van der Waals surface area contributed by atoms with Crippen LogP contribution in [-0.4, -0.2) is 49.7 Å². The molecule has 0 bridgehead atoms. The van der Waals surface area contributed by atoms with E-state index >= 15 is 0 Å². The van der Waals surface area contributed by atoms with E-state index in [0.717, 1.165) is 13.1 Å². The molecule has 0 radical (unpaired) electrons. The van der Waals surface area contributed by atoms with Crippen molar-refractivity contribution < 1.29 is 0 Å². The second kappa shape index (κ2) is 10.7. The van der Waals surface area contributed by atoms with Gasteiger partial charge in [-0.2, -0.15) is 0 Å². The second-order valence-electron chi connectivity index (χ2n) is 7.39. The van der Waals surface area contributed by atoms with Gasteiger partial charge < -0.3 is 15.5 Å². The van der Waals surface area contributed by atoms with Crippen LogP contribution in [0.5, 0.6) is 0 Å². The van der Waals surface area contributed by atoms with E-state index in [2.05, 4.69) is 72.7 Å². The third kappa shape index (κ3) is 7.61. The first-order chi connectivity index (χ1) is 11.6. The van der Waals surface area contributed by atoms with Crippen LogP contribution in [0.2, 0.25) is 0 Å². The highest BCUT2D eigenvalue weighted by molar-refractivity contribution is 5.52. The molecule has 1 atom stereocenters. The molecule has 0 aliphatic carbocycles. The second-order valence-corrected chi connectivity index (χ2v) is 7.39. The van der Waals surface area contributed by atoms with Crippen LogP contribution in [0.25, 0.3) is 6.08 Å². The van der Waals surface area contributed by atoms with Crippen LogP contribution >= 0.6 is 0 Å². The van der Waals surface area contributed by atoms with Gasteiger partial charge in [0.25, 0.3) is 0 Å². The molecule has 1 saturated heterocycles. The lowest BCUT2D eigenvalue weighted by atomic mass is 10.0. The van der Waals surface area contributed by atoms with E-state index < -0.39 is 0 Å². The number of hydrogen-bond donors (Lipinski definition) is 2. The lowest BCUT2D eigenvalue weighted by Crippen LogP contribution is -2.48. The van der Waals surface area contributed by atoms with E-state index in [1.807, 2.05) is 0 Å². The van der Waals surface area contributed by atoms with E-state index in [-0.39, 0.29) is 0 Å². The van der Waals surface area contributed by atoms with Gasteiger partial charge in [0.15, 0.2) is 0 Å². The molecule has 1 aromatic carbocycles. The van der Waals surface area contributed by atoms with E-state index in [9.17, 15) is 0 Å². The first-order valence-corrected chi connectivity index (χ1v) is 9.55. The number of benzene rings is 1. The largest absolute Gasteiger partial charge is 0.313 e. The molecule has 0 aromatic heterocycles. The Morgan fingerprint density at radius 3 is 2.83 bits per heavy atom. The molecule has 0 amide bonds. The molecular formula is C21H35N3. The number of nitrogens with zero attached hydrogens (tertiary/aromatic N) is 1. The molecule has 1 fully saturated rings. The Kier molecular flexibility index (Phi) is 8.51. The van der Waals surface area contributed by atoms with Crippen molar-refractivity contribution in [2.75, 3.05) is 32.7 Å². The number of nitrogens with one attached hydrogen (secondary N) is 2. The van der Waals surface area contributed by atoms with Crippen molar-refractivity contribution in [3.63, 3.8) is 0 Å². The molecule has 1 aliphatic rings. The van der Waals surface area contributed by atoms with Gasteiger partial charge in [-0.05, 0) is 51.4 Å². The van der Waals surface area contributed by atoms with Crippen LogP contribution in [0.15, 0.2) is 35.9 Å². The molecule has 0 spiro atoms.